The molecule has 0 radical (unpaired) electrons. The molecule has 2 atom stereocenters. The van der Waals surface area contributed by atoms with E-state index >= 15 is 0 Å². The second kappa shape index (κ2) is 8.68. The van der Waals surface area contributed by atoms with Crippen LogP contribution < -0.4 is 4.90 Å². The molecule has 9 heteroatoms. The molecule has 3 saturated heterocycles. The molecule has 0 aliphatic carbocycles. The van der Waals surface area contributed by atoms with Crippen LogP contribution in [0.1, 0.15) is 31.2 Å². The van der Waals surface area contributed by atoms with Crippen molar-refractivity contribution in [2.45, 2.75) is 44.0 Å². The summed E-state index contributed by atoms with van der Waals surface area (Å²) in [6, 6.07) is 5.38. The van der Waals surface area contributed by atoms with Gasteiger partial charge in [0.15, 0.2) is 5.78 Å². The maximum Gasteiger partial charge on any atom is 0.416 e. The van der Waals surface area contributed by atoms with Gasteiger partial charge in [0.1, 0.15) is 6.61 Å². The number of carbonyl (C=O) groups excluding carboxylic acids is 2. The molecule has 0 saturated carbocycles. The number of nitrogens with zero attached hydrogens (tertiary/aromatic N) is 3. The Hall–Kier alpha value is -2.29. The topological polar surface area (TPSA) is 53.1 Å². The Kier molecular flexibility index (Phi) is 6.14. The van der Waals surface area contributed by atoms with Gasteiger partial charge in [-0.05, 0) is 43.5 Å². The van der Waals surface area contributed by atoms with Crippen LogP contribution in [0.15, 0.2) is 24.3 Å². The fraction of sp³-hybridized carbons (Fsp3) is 0.636. The smallest absolute Gasteiger partial charge is 0.371 e. The molecule has 31 heavy (non-hydrogen) atoms. The van der Waals surface area contributed by atoms with Gasteiger partial charge in [-0.2, -0.15) is 13.2 Å². The van der Waals surface area contributed by atoms with Gasteiger partial charge in [-0.1, -0.05) is 0 Å². The maximum absolute atomic E-state index is 13.0. The van der Waals surface area contributed by atoms with E-state index in [9.17, 15) is 22.8 Å². The number of ketones is 1. The van der Waals surface area contributed by atoms with Gasteiger partial charge < -0.3 is 19.4 Å². The largest absolute Gasteiger partial charge is 0.416 e. The molecule has 1 aromatic carbocycles. The van der Waals surface area contributed by atoms with E-state index in [1.807, 2.05) is 21.7 Å². The van der Waals surface area contributed by atoms with Gasteiger partial charge in [-0.15, -0.1) is 0 Å². The minimum atomic E-state index is -4.34. The Bertz CT molecular complexity index is 806. The number of benzene rings is 1. The van der Waals surface area contributed by atoms with Crippen LogP contribution in [0.5, 0.6) is 0 Å². The highest BCUT2D eigenvalue weighted by molar-refractivity contribution is 5.81. The fourth-order valence-corrected chi connectivity index (χ4v) is 4.89. The van der Waals surface area contributed by atoms with Crippen molar-refractivity contribution in [1.82, 2.24) is 9.80 Å². The number of halogens is 3. The lowest BCUT2D eigenvalue weighted by atomic mass is 9.88. The average Bonchev–Trinajstić information content (AvgIpc) is 2.77. The summed E-state index contributed by atoms with van der Waals surface area (Å²) in [6.45, 7) is 2.60. The first kappa shape index (κ1) is 21.9. The van der Waals surface area contributed by atoms with Crippen LogP contribution in [0.4, 0.5) is 23.7 Å². The number of Topliss-reactive ketones (excluding diaryl/α,β-unsaturated/α-hetero) is 1. The van der Waals surface area contributed by atoms with Crippen LogP contribution in [0, 0.1) is 5.92 Å². The van der Waals surface area contributed by atoms with Gasteiger partial charge in [-0.3, -0.25) is 4.79 Å². The summed E-state index contributed by atoms with van der Waals surface area (Å²) in [4.78, 5) is 30.4. The molecule has 6 nitrogen and oxygen atoms in total. The first-order valence-electron chi connectivity index (χ1n) is 10.8. The molecule has 1 aromatic rings. The second-order valence-electron chi connectivity index (χ2n) is 8.74. The van der Waals surface area contributed by atoms with E-state index in [0.717, 1.165) is 37.1 Å². The Labute approximate surface area is 179 Å². The predicted molar refractivity (Wildman–Crippen MR) is 109 cm³/mol. The van der Waals surface area contributed by atoms with E-state index in [4.69, 9.17) is 4.74 Å². The number of ether oxygens (including phenoxy) is 1. The Morgan fingerprint density at radius 2 is 1.71 bits per heavy atom. The number of urea groups is 1. The lowest BCUT2D eigenvalue weighted by Crippen LogP contribution is -2.55. The molecule has 3 aliphatic heterocycles. The van der Waals surface area contributed by atoms with Crippen molar-refractivity contribution in [2.24, 2.45) is 5.92 Å². The summed E-state index contributed by atoms with van der Waals surface area (Å²) in [5.41, 5.74) is 0.0840. The highest BCUT2D eigenvalue weighted by atomic mass is 19.4. The van der Waals surface area contributed by atoms with Gasteiger partial charge in [0.2, 0.25) is 0 Å². The highest BCUT2D eigenvalue weighted by Gasteiger charge is 2.38. The van der Waals surface area contributed by atoms with E-state index in [1.54, 1.807) is 0 Å². The van der Waals surface area contributed by atoms with Crippen LogP contribution in [0.3, 0.4) is 0 Å². The van der Waals surface area contributed by atoms with Crippen LogP contribution in [0.25, 0.3) is 0 Å². The minimum absolute atomic E-state index is 0.00658. The monoisotopic (exact) mass is 439 g/mol. The van der Waals surface area contributed by atoms with Gasteiger partial charge in [0.05, 0.1) is 11.7 Å². The SMILES string of the molecule is CN(c1ccc(C(F)(F)F)cc1)C1CCN(C(=O)N2CC[C@@H]3OCC(=O)C[C@@H]3C2)CC1. The number of amides is 2. The molecule has 170 valence electrons. The van der Waals surface area contributed by atoms with Crippen molar-refractivity contribution in [3.63, 3.8) is 0 Å². The second-order valence-corrected chi connectivity index (χ2v) is 8.74. The first-order chi connectivity index (χ1) is 14.7. The van der Waals surface area contributed by atoms with Crippen molar-refractivity contribution >= 4 is 17.5 Å². The lowest BCUT2D eigenvalue weighted by Gasteiger charge is -2.44. The molecule has 3 heterocycles. The summed E-state index contributed by atoms with van der Waals surface area (Å²) in [5.74, 6) is 0.185. The predicted octanol–water partition coefficient (Wildman–Crippen LogP) is 3.41. The quantitative estimate of drug-likeness (QED) is 0.709. The average molecular weight is 439 g/mol. The van der Waals surface area contributed by atoms with Gasteiger partial charge >= 0.3 is 12.2 Å². The summed E-state index contributed by atoms with van der Waals surface area (Å²) >= 11 is 0. The third-order valence-electron chi connectivity index (χ3n) is 6.77. The fourth-order valence-electron chi connectivity index (χ4n) is 4.89. The summed E-state index contributed by atoms with van der Waals surface area (Å²) in [7, 11) is 1.88. The molecule has 2 amide bonds. The normalized spacial score (nSPS) is 25.4. The number of hydrogen-bond donors (Lipinski definition) is 0. The van der Waals surface area contributed by atoms with Crippen molar-refractivity contribution in [1.29, 1.82) is 0 Å². The molecular weight excluding hydrogens is 411 g/mol. The molecule has 0 bridgehead atoms. The number of hydrogen-bond acceptors (Lipinski definition) is 4. The highest BCUT2D eigenvalue weighted by Crippen LogP contribution is 2.32. The molecule has 0 N–H and O–H groups in total. The van der Waals surface area contributed by atoms with E-state index < -0.39 is 11.7 Å². The lowest BCUT2D eigenvalue weighted by molar-refractivity contribution is -0.140. The standard InChI is InChI=1S/C22H28F3N3O3/c1-26(17-4-2-16(3-5-17)22(23,24)25)18-6-9-27(10-7-18)21(30)28-11-8-20-15(13-28)12-19(29)14-31-20/h2-5,15,18,20H,6-14H2,1H3/t15-,20+/m1/s1. The molecule has 3 aliphatic rings. The van der Waals surface area contributed by atoms with E-state index in [-0.39, 0.29) is 36.5 Å². The van der Waals surface area contributed by atoms with Crippen molar-refractivity contribution in [2.75, 3.05) is 44.7 Å². The van der Waals surface area contributed by atoms with Gasteiger partial charge in [-0.25, -0.2) is 4.79 Å². The van der Waals surface area contributed by atoms with Crippen molar-refractivity contribution in [3.05, 3.63) is 29.8 Å². The maximum atomic E-state index is 13.0. The Morgan fingerprint density at radius 3 is 2.35 bits per heavy atom. The Balaban J connectivity index is 1.30. The van der Waals surface area contributed by atoms with Crippen LogP contribution in [-0.4, -0.2) is 73.6 Å². The zero-order valence-electron chi connectivity index (χ0n) is 17.6. The Morgan fingerprint density at radius 1 is 1.06 bits per heavy atom. The number of fused-ring (bicyclic) bond motifs is 1. The molecule has 0 aromatic heterocycles. The minimum Gasteiger partial charge on any atom is -0.371 e. The van der Waals surface area contributed by atoms with Crippen LogP contribution in [0.2, 0.25) is 0 Å². The first-order valence-corrected chi connectivity index (χ1v) is 10.8. The number of carbonyl (C=O) groups is 2. The molecule has 4 rings (SSSR count). The zero-order chi connectivity index (χ0) is 22.2. The van der Waals surface area contributed by atoms with E-state index in [2.05, 4.69) is 0 Å². The van der Waals surface area contributed by atoms with Crippen LogP contribution in [-0.2, 0) is 15.7 Å². The summed E-state index contributed by atoms with van der Waals surface area (Å²) in [6.07, 6.45) is -1.51. The third kappa shape index (κ3) is 4.81. The van der Waals surface area contributed by atoms with Gasteiger partial charge in [0, 0.05) is 57.3 Å². The summed E-state index contributed by atoms with van der Waals surface area (Å²) < 4.78 is 43.9. The third-order valence-corrected chi connectivity index (χ3v) is 6.77. The number of anilines is 1. The van der Waals surface area contributed by atoms with Gasteiger partial charge in [0.25, 0.3) is 0 Å². The van der Waals surface area contributed by atoms with Crippen molar-refractivity contribution in [3.8, 4) is 0 Å². The molecular formula is C22H28F3N3O3. The zero-order valence-corrected chi connectivity index (χ0v) is 17.6. The summed E-state index contributed by atoms with van der Waals surface area (Å²) in [5, 5.41) is 0. The van der Waals surface area contributed by atoms with Crippen molar-refractivity contribution < 1.29 is 27.5 Å². The van der Waals surface area contributed by atoms with E-state index in [0.29, 0.717) is 32.6 Å². The molecule has 0 spiro atoms. The van der Waals surface area contributed by atoms with E-state index in [1.165, 1.54) is 12.1 Å². The number of alkyl halides is 3. The number of likely N-dealkylation sites (tertiary alicyclic amines) is 2. The number of piperidine rings is 2. The van der Waals surface area contributed by atoms with Crippen LogP contribution >= 0.6 is 0 Å². The molecule has 0 unspecified atom stereocenters. The molecule has 3 fully saturated rings. The number of rotatable bonds is 2.